The van der Waals surface area contributed by atoms with E-state index in [0.29, 0.717) is 6.54 Å². The monoisotopic (exact) mass is 410 g/mol. The number of hydrogen-bond acceptors (Lipinski definition) is 5. The summed E-state index contributed by atoms with van der Waals surface area (Å²) < 4.78 is 7.26. The summed E-state index contributed by atoms with van der Waals surface area (Å²) >= 11 is 1.44. The second-order valence-electron chi connectivity index (χ2n) is 6.72. The minimum atomic E-state index is -0.262. The lowest BCUT2D eigenvalue weighted by Gasteiger charge is -2.21. The van der Waals surface area contributed by atoms with Gasteiger partial charge in [0.15, 0.2) is 11.0 Å². The van der Waals surface area contributed by atoms with Gasteiger partial charge in [0.2, 0.25) is 5.91 Å². The first kappa shape index (κ1) is 20.9. The number of carbonyl (C=O) groups is 1. The first-order valence-corrected chi connectivity index (χ1v) is 10.4. The van der Waals surface area contributed by atoms with E-state index in [1.165, 1.54) is 11.8 Å². The fourth-order valence-corrected chi connectivity index (χ4v) is 4.10. The van der Waals surface area contributed by atoms with Crippen LogP contribution in [-0.2, 0) is 17.9 Å². The second-order valence-corrected chi connectivity index (χ2v) is 8.03. The molecule has 29 heavy (non-hydrogen) atoms. The average Bonchev–Trinajstić information content (AvgIpc) is 3.16. The van der Waals surface area contributed by atoms with Crippen LogP contribution in [0.1, 0.15) is 19.4 Å². The maximum absolute atomic E-state index is 12.8. The molecule has 1 unspecified atom stereocenters. The van der Waals surface area contributed by atoms with Crippen LogP contribution in [0.15, 0.2) is 59.8 Å². The van der Waals surface area contributed by atoms with Gasteiger partial charge in [0, 0.05) is 25.7 Å². The Kier molecular flexibility index (Phi) is 6.93. The Morgan fingerprint density at radius 2 is 1.83 bits per heavy atom. The predicted octanol–water partition coefficient (Wildman–Crippen LogP) is 4.11. The molecule has 0 aliphatic heterocycles. The van der Waals surface area contributed by atoms with Crippen molar-refractivity contribution in [3.63, 3.8) is 0 Å². The van der Waals surface area contributed by atoms with Crippen molar-refractivity contribution in [2.75, 3.05) is 14.2 Å². The van der Waals surface area contributed by atoms with Gasteiger partial charge in [-0.3, -0.25) is 4.79 Å². The van der Waals surface area contributed by atoms with Gasteiger partial charge in [-0.1, -0.05) is 42.1 Å². The molecule has 1 atom stereocenters. The number of methoxy groups -OCH3 is 1. The summed E-state index contributed by atoms with van der Waals surface area (Å²) in [6.07, 6.45) is 0. The molecule has 0 aliphatic rings. The third-order valence-electron chi connectivity index (χ3n) is 4.65. The second kappa shape index (κ2) is 9.60. The van der Waals surface area contributed by atoms with Crippen LogP contribution in [0.2, 0.25) is 0 Å². The van der Waals surface area contributed by atoms with Crippen LogP contribution in [-0.4, -0.2) is 45.0 Å². The van der Waals surface area contributed by atoms with Crippen LogP contribution in [0.25, 0.3) is 11.4 Å². The van der Waals surface area contributed by atoms with Crippen LogP contribution in [0.4, 0.5) is 0 Å². The summed E-state index contributed by atoms with van der Waals surface area (Å²) in [6.45, 7) is 5.27. The molecule has 0 radical (unpaired) electrons. The Bertz CT molecular complexity index is 941. The molecule has 3 rings (SSSR count). The van der Waals surface area contributed by atoms with Crippen molar-refractivity contribution in [2.24, 2.45) is 0 Å². The molecule has 0 spiro atoms. The van der Waals surface area contributed by atoms with Gasteiger partial charge in [-0.2, -0.15) is 0 Å². The number of rotatable bonds is 8. The van der Waals surface area contributed by atoms with E-state index in [1.807, 2.05) is 73.1 Å². The maximum Gasteiger partial charge on any atom is 0.235 e. The Hall–Kier alpha value is -2.80. The van der Waals surface area contributed by atoms with Gasteiger partial charge in [-0.15, -0.1) is 10.2 Å². The molecule has 0 bridgehead atoms. The van der Waals surface area contributed by atoms with Gasteiger partial charge in [0.05, 0.1) is 12.4 Å². The van der Waals surface area contributed by atoms with Crippen LogP contribution in [0.3, 0.4) is 0 Å². The quantitative estimate of drug-likeness (QED) is 0.523. The third kappa shape index (κ3) is 4.98. The van der Waals surface area contributed by atoms with Gasteiger partial charge < -0.3 is 14.2 Å². The maximum atomic E-state index is 12.8. The lowest BCUT2D eigenvalue weighted by molar-refractivity contribution is -0.129. The van der Waals surface area contributed by atoms with Gasteiger partial charge in [0.1, 0.15) is 5.75 Å². The number of nitrogens with zero attached hydrogens (tertiary/aromatic N) is 4. The topological polar surface area (TPSA) is 60.2 Å². The molecule has 0 N–H and O–H groups in total. The summed E-state index contributed by atoms with van der Waals surface area (Å²) in [6, 6.07) is 17.7. The SMILES string of the molecule is CCn1c(SC(C)C(=O)N(C)Cc2ccccc2)nnc1-c1ccc(OC)cc1. The Morgan fingerprint density at radius 1 is 1.14 bits per heavy atom. The number of benzene rings is 2. The zero-order valence-electron chi connectivity index (χ0n) is 17.2. The van der Waals surface area contributed by atoms with Gasteiger partial charge >= 0.3 is 0 Å². The minimum absolute atomic E-state index is 0.0653. The van der Waals surface area contributed by atoms with E-state index >= 15 is 0 Å². The molecule has 0 fully saturated rings. The van der Waals surface area contributed by atoms with Crippen molar-refractivity contribution in [3.8, 4) is 17.1 Å². The summed E-state index contributed by atoms with van der Waals surface area (Å²) in [5.74, 6) is 1.65. The summed E-state index contributed by atoms with van der Waals surface area (Å²) in [7, 11) is 3.48. The standard InChI is InChI=1S/C22H26N4O2S/c1-5-26-20(18-11-13-19(28-4)14-12-18)23-24-22(26)29-16(2)21(27)25(3)15-17-9-7-6-8-10-17/h6-14,16H,5,15H2,1-4H3. The molecule has 1 aromatic heterocycles. The van der Waals surface area contributed by atoms with Crippen LogP contribution >= 0.6 is 11.8 Å². The van der Waals surface area contributed by atoms with Crippen LogP contribution in [0.5, 0.6) is 5.75 Å². The normalized spacial score (nSPS) is 11.9. The largest absolute Gasteiger partial charge is 0.497 e. The zero-order valence-corrected chi connectivity index (χ0v) is 18.0. The van der Waals surface area contributed by atoms with Gasteiger partial charge in [-0.05, 0) is 43.7 Å². The summed E-state index contributed by atoms with van der Waals surface area (Å²) in [5, 5.41) is 9.19. The Balaban J connectivity index is 1.72. The summed E-state index contributed by atoms with van der Waals surface area (Å²) in [4.78, 5) is 14.6. The zero-order chi connectivity index (χ0) is 20.8. The van der Waals surface area contributed by atoms with Crippen molar-refractivity contribution in [1.82, 2.24) is 19.7 Å². The number of aromatic nitrogens is 3. The highest BCUT2D eigenvalue weighted by Crippen LogP contribution is 2.28. The van der Waals surface area contributed by atoms with Crippen LogP contribution < -0.4 is 4.74 Å². The molecule has 1 heterocycles. The molecular weight excluding hydrogens is 384 g/mol. The molecule has 1 amide bonds. The Labute approximate surface area is 175 Å². The van der Waals surface area contributed by atoms with E-state index in [2.05, 4.69) is 17.1 Å². The highest BCUT2D eigenvalue weighted by atomic mass is 32.2. The van der Waals surface area contributed by atoms with Crippen molar-refractivity contribution >= 4 is 17.7 Å². The molecule has 0 saturated carbocycles. The van der Waals surface area contributed by atoms with E-state index in [1.54, 1.807) is 12.0 Å². The van der Waals surface area contributed by atoms with Crippen molar-refractivity contribution in [3.05, 3.63) is 60.2 Å². The highest BCUT2D eigenvalue weighted by Gasteiger charge is 2.23. The lowest BCUT2D eigenvalue weighted by Crippen LogP contribution is -2.33. The predicted molar refractivity (Wildman–Crippen MR) is 116 cm³/mol. The van der Waals surface area contributed by atoms with E-state index in [-0.39, 0.29) is 11.2 Å². The average molecular weight is 411 g/mol. The summed E-state index contributed by atoms with van der Waals surface area (Å²) in [5.41, 5.74) is 2.08. The van der Waals surface area contributed by atoms with Crippen molar-refractivity contribution in [1.29, 1.82) is 0 Å². The smallest absolute Gasteiger partial charge is 0.235 e. The number of hydrogen-bond donors (Lipinski definition) is 0. The Morgan fingerprint density at radius 3 is 2.45 bits per heavy atom. The highest BCUT2D eigenvalue weighted by molar-refractivity contribution is 8.00. The molecule has 152 valence electrons. The van der Waals surface area contributed by atoms with Gasteiger partial charge in [0.25, 0.3) is 0 Å². The third-order valence-corrected chi connectivity index (χ3v) is 5.72. The van der Waals surface area contributed by atoms with Crippen LogP contribution in [0, 0.1) is 0 Å². The van der Waals surface area contributed by atoms with E-state index in [4.69, 9.17) is 4.74 Å². The molecular formula is C22H26N4O2S. The number of thioether (sulfide) groups is 1. The fraction of sp³-hybridized carbons (Fsp3) is 0.318. The molecule has 0 aliphatic carbocycles. The van der Waals surface area contributed by atoms with Crippen molar-refractivity contribution < 1.29 is 9.53 Å². The van der Waals surface area contributed by atoms with E-state index in [9.17, 15) is 4.79 Å². The lowest BCUT2D eigenvalue weighted by atomic mass is 10.2. The number of ether oxygens (including phenoxy) is 1. The first-order valence-electron chi connectivity index (χ1n) is 9.56. The molecule has 6 nitrogen and oxygen atoms in total. The molecule has 3 aromatic rings. The number of carbonyl (C=O) groups excluding carboxylic acids is 1. The molecule has 7 heteroatoms. The number of amides is 1. The van der Waals surface area contributed by atoms with Crippen molar-refractivity contribution in [2.45, 2.75) is 37.3 Å². The van der Waals surface area contributed by atoms with Gasteiger partial charge in [-0.25, -0.2) is 0 Å². The molecule has 0 saturated heterocycles. The minimum Gasteiger partial charge on any atom is -0.497 e. The van der Waals surface area contributed by atoms with E-state index in [0.717, 1.165) is 34.4 Å². The van der Waals surface area contributed by atoms with E-state index < -0.39 is 0 Å². The molecule has 2 aromatic carbocycles. The fourth-order valence-electron chi connectivity index (χ4n) is 3.07. The first-order chi connectivity index (χ1) is 14.0.